The highest BCUT2D eigenvalue weighted by molar-refractivity contribution is 6.26. The first-order chi connectivity index (χ1) is 32.7. The van der Waals surface area contributed by atoms with Crippen LogP contribution in [0.1, 0.15) is 11.1 Å². The van der Waals surface area contributed by atoms with Gasteiger partial charge in [-0.05, 0) is 102 Å². The number of nitrogens with zero attached hydrogens (tertiary/aromatic N) is 6. The maximum Gasteiger partial charge on any atom is 0.101 e. The lowest BCUT2D eigenvalue weighted by Crippen LogP contribution is -2.09. The van der Waals surface area contributed by atoms with Gasteiger partial charge in [0.1, 0.15) is 12.1 Å². The molecule has 0 fully saturated rings. The third-order valence-corrected chi connectivity index (χ3v) is 13.2. The summed E-state index contributed by atoms with van der Waals surface area (Å²) < 4.78 is 6.70. The molecule has 10 aromatic carbocycles. The molecule has 66 heavy (non-hydrogen) atoms. The lowest BCUT2D eigenvalue weighted by molar-refractivity contribution is 1.12. The van der Waals surface area contributed by atoms with Gasteiger partial charge in [0.2, 0.25) is 0 Å². The Morgan fingerprint density at radius 2 is 0.833 bits per heavy atom. The molecule has 0 atom stereocenters. The lowest BCUT2D eigenvalue weighted by atomic mass is 10.0. The molecular weight excluding hydrogens is 805 g/mol. The fraction of sp³-hybridized carbons (Fsp3) is 0. The average molecular weight is 841 g/mol. The van der Waals surface area contributed by atoms with Crippen molar-refractivity contribution in [2.75, 3.05) is 4.90 Å². The number of benzene rings is 10. The van der Waals surface area contributed by atoms with E-state index in [1.807, 2.05) is 36.4 Å². The van der Waals surface area contributed by atoms with E-state index in [9.17, 15) is 10.5 Å². The smallest absolute Gasteiger partial charge is 0.101 e. The first kappa shape index (κ1) is 37.2. The molecule has 0 aliphatic rings. The van der Waals surface area contributed by atoms with Crippen LogP contribution >= 0.6 is 0 Å². The molecule has 0 aliphatic carbocycles. The number of hydrogen-bond donors (Lipinski definition) is 0. The van der Waals surface area contributed by atoms with Gasteiger partial charge >= 0.3 is 0 Å². The summed E-state index contributed by atoms with van der Waals surface area (Å²) in [5.74, 6) is 0. The molecule has 3 aromatic heterocycles. The number of aromatic nitrogens is 3. The van der Waals surface area contributed by atoms with Crippen LogP contribution in [0, 0.1) is 22.7 Å². The Kier molecular flexibility index (Phi) is 8.24. The van der Waals surface area contributed by atoms with Crippen molar-refractivity contribution in [2.45, 2.75) is 0 Å². The Labute approximate surface area is 379 Å². The minimum absolute atomic E-state index is 0.459. The molecule has 0 aliphatic heterocycles. The van der Waals surface area contributed by atoms with Crippen molar-refractivity contribution in [2.24, 2.45) is 0 Å². The van der Waals surface area contributed by atoms with Crippen LogP contribution < -0.4 is 4.90 Å². The first-order valence-electron chi connectivity index (χ1n) is 22.1. The van der Waals surface area contributed by atoms with E-state index in [4.69, 9.17) is 0 Å². The van der Waals surface area contributed by atoms with Crippen LogP contribution in [0.2, 0.25) is 0 Å². The summed E-state index contributed by atoms with van der Waals surface area (Å²) in [6.07, 6.45) is 0. The van der Waals surface area contributed by atoms with Crippen molar-refractivity contribution in [1.29, 1.82) is 10.5 Å². The molecule has 0 saturated heterocycles. The van der Waals surface area contributed by atoms with Crippen molar-refractivity contribution in [3.63, 3.8) is 0 Å². The summed E-state index contributed by atoms with van der Waals surface area (Å²) in [6, 6.07) is 81.0. The van der Waals surface area contributed by atoms with Crippen LogP contribution in [-0.2, 0) is 0 Å². The SMILES string of the molecule is N#Cc1cc(-n2c3ccccc3c3c2ccc2c4ccccc4n(-c4ccccc4)c23)c(C#N)cc1-n1c2ccc(N(c3ccccc3)c3ccccc3)cc2c2c3ccccc3ccc21. The minimum Gasteiger partial charge on any atom is -0.310 e. The van der Waals surface area contributed by atoms with Gasteiger partial charge in [-0.3, -0.25) is 0 Å². The summed E-state index contributed by atoms with van der Waals surface area (Å²) in [6.45, 7) is 0. The quantitative estimate of drug-likeness (QED) is 0.167. The number of para-hydroxylation sites is 5. The van der Waals surface area contributed by atoms with E-state index in [1.165, 1.54) is 5.39 Å². The Balaban J connectivity index is 1.08. The topological polar surface area (TPSA) is 65.6 Å². The monoisotopic (exact) mass is 840 g/mol. The van der Waals surface area contributed by atoms with Crippen molar-refractivity contribution in [3.05, 3.63) is 230 Å². The third-order valence-electron chi connectivity index (χ3n) is 13.2. The van der Waals surface area contributed by atoms with E-state index in [0.29, 0.717) is 22.5 Å². The van der Waals surface area contributed by atoms with E-state index < -0.39 is 0 Å². The molecule has 3 heterocycles. The van der Waals surface area contributed by atoms with E-state index in [0.717, 1.165) is 93.6 Å². The maximum atomic E-state index is 11.2. The summed E-state index contributed by atoms with van der Waals surface area (Å²) in [4.78, 5) is 2.27. The number of hydrogen-bond acceptors (Lipinski definition) is 3. The van der Waals surface area contributed by atoms with E-state index in [-0.39, 0.29) is 0 Å². The summed E-state index contributed by atoms with van der Waals surface area (Å²) in [7, 11) is 0. The van der Waals surface area contributed by atoms with Crippen LogP contribution in [0.5, 0.6) is 0 Å². The summed E-state index contributed by atoms with van der Waals surface area (Å²) in [5.41, 5.74) is 12.4. The molecule has 0 amide bonds. The molecule has 13 rings (SSSR count). The second kappa shape index (κ2) is 14.6. The highest BCUT2D eigenvalue weighted by atomic mass is 15.1. The van der Waals surface area contributed by atoms with Crippen molar-refractivity contribution in [3.8, 4) is 29.2 Å². The Bertz CT molecular complexity index is 4140. The highest BCUT2D eigenvalue weighted by Gasteiger charge is 2.25. The fourth-order valence-electron chi connectivity index (χ4n) is 10.5. The van der Waals surface area contributed by atoms with Gasteiger partial charge in [0.05, 0.1) is 55.6 Å². The number of anilines is 3. The molecule has 13 aromatic rings. The van der Waals surface area contributed by atoms with Crippen LogP contribution in [0.15, 0.2) is 218 Å². The van der Waals surface area contributed by atoms with Gasteiger partial charge in [-0.1, -0.05) is 127 Å². The van der Waals surface area contributed by atoms with Crippen LogP contribution in [0.4, 0.5) is 17.1 Å². The Morgan fingerprint density at radius 3 is 1.48 bits per heavy atom. The molecular formula is C60H36N6. The highest BCUT2D eigenvalue weighted by Crippen LogP contribution is 2.45. The van der Waals surface area contributed by atoms with Gasteiger partial charge in [-0.2, -0.15) is 10.5 Å². The number of rotatable bonds is 6. The van der Waals surface area contributed by atoms with E-state index in [1.54, 1.807) is 0 Å². The van der Waals surface area contributed by atoms with E-state index >= 15 is 0 Å². The Hall–Kier alpha value is -9.36. The zero-order valence-corrected chi connectivity index (χ0v) is 35.5. The predicted molar refractivity (Wildman–Crippen MR) is 271 cm³/mol. The normalized spacial score (nSPS) is 11.6. The van der Waals surface area contributed by atoms with Gasteiger partial charge in [0.25, 0.3) is 0 Å². The van der Waals surface area contributed by atoms with Crippen LogP contribution in [0.25, 0.3) is 93.3 Å². The number of nitriles is 2. The third kappa shape index (κ3) is 5.40. The molecule has 0 saturated carbocycles. The molecule has 6 heteroatoms. The summed E-state index contributed by atoms with van der Waals surface area (Å²) in [5, 5.41) is 31.3. The van der Waals surface area contributed by atoms with Gasteiger partial charge in [-0.15, -0.1) is 0 Å². The molecule has 0 radical (unpaired) electrons. The van der Waals surface area contributed by atoms with Gasteiger partial charge in [0.15, 0.2) is 0 Å². The Morgan fingerprint density at radius 1 is 0.333 bits per heavy atom. The molecule has 0 spiro atoms. The second-order valence-electron chi connectivity index (χ2n) is 16.7. The van der Waals surface area contributed by atoms with Crippen molar-refractivity contribution >= 4 is 93.3 Å². The first-order valence-corrected chi connectivity index (χ1v) is 22.1. The molecule has 0 N–H and O–H groups in total. The zero-order chi connectivity index (χ0) is 43.9. The largest absolute Gasteiger partial charge is 0.310 e. The lowest BCUT2D eigenvalue weighted by Gasteiger charge is -2.25. The van der Waals surface area contributed by atoms with Gasteiger partial charge in [0, 0.05) is 55.1 Å². The van der Waals surface area contributed by atoms with Crippen molar-refractivity contribution in [1.82, 2.24) is 13.7 Å². The maximum absolute atomic E-state index is 11.2. The molecule has 306 valence electrons. The predicted octanol–water partition coefficient (Wildman–Crippen LogP) is 15.3. The van der Waals surface area contributed by atoms with Gasteiger partial charge < -0.3 is 18.6 Å². The second-order valence-corrected chi connectivity index (χ2v) is 16.7. The average Bonchev–Trinajstić information content (AvgIpc) is 4.02. The number of fused-ring (bicyclic) bond motifs is 12. The minimum atomic E-state index is 0.459. The van der Waals surface area contributed by atoms with Crippen LogP contribution in [-0.4, -0.2) is 13.7 Å². The molecule has 6 nitrogen and oxygen atoms in total. The zero-order valence-electron chi connectivity index (χ0n) is 35.5. The fourth-order valence-corrected chi connectivity index (χ4v) is 10.5. The molecule has 0 unspecified atom stereocenters. The molecule has 0 bridgehead atoms. The standard InChI is InChI=1S/C60H36N6/c61-37-40-35-57(66-53-32-29-45(63(42-17-4-1-5-18-42)43-19-6-2-7-20-43)36-50(53)58-46-23-11-10-16-39(46)28-31-54(58)66)41(38-62)34-56(40)65-52-27-15-13-25-49(52)59-55(65)33-30-48-47-24-12-14-26-51(47)64(60(48)59)44-21-8-3-9-22-44/h1-36H. The summed E-state index contributed by atoms with van der Waals surface area (Å²) >= 11 is 0. The van der Waals surface area contributed by atoms with Gasteiger partial charge in [-0.25, -0.2) is 0 Å². The van der Waals surface area contributed by atoms with Crippen molar-refractivity contribution < 1.29 is 0 Å². The van der Waals surface area contributed by atoms with Crippen LogP contribution in [0.3, 0.4) is 0 Å². The van der Waals surface area contributed by atoms with E-state index in [2.05, 4.69) is 213 Å².